The number of allylic oxidation sites excluding steroid dienone is 1. The van der Waals surface area contributed by atoms with Crippen LogP contribution in [0.15, 0.2) is 11.8 Å². The fraction of sp³-hybridized carbons (Fsp3) is 0.600. The maximum atomic E-state index is 10.1. The van der Waals surface area contributed by atoms with E-state index in [-0.39, 0.29) is 5.76 Å². The van der Waals surface area contributed by atoms with E-state index in [1.807, 2.05) is 0 Å². The number of rotatable bonds is 2. The van der Waals surface area contributed by atoms with Crippen LogP contribution in [0.1, 0.15) is 6.92 Å². The lowest BCUT2D eigenvalue weighted by molar-refractivity contribution is -0.302. The van der Waals surface area contributed by atoms with Crippen LogP contribution in [-0.2, 0) is 4.74 Å². The fourth-order valence-corrected chi connectivity index (χ4v) is 0.201. The summed E-state index contributed by atoms with van der Waals surface area (Å²) in [5.41, 5.74) is 0. The molecule has 0 amide bonds. The Bertz CT molecular complexity index is 62.5. The van der Waals surface area contributed by atoms with Gasteiger partial charge in [-0.05, 0) is 0 Å². The largest absolute Gasteiger partial charge is 0.876 e. The molecule has 0 atom stereocenters. The van der Waals surface area contributed by atoms with Crippen LogP contribution in [0.25, 0.3) is 0 Å². The summed E-state index contributed by atoms with van der Waals surface area (Å²) in [6.45, 7) is 1.92. The summed E-state index contributed by atoms with van der Waals surface area (Å²) in [4.78, 5) is 0. The second-order valence-electron chi connectivity index (χ2n) is 1.27. The summed E-state index contributed by atoms with van der Waals surface area (Å²) >= 11 is 0. The van der Waals surface area contributed by atoms with Crippen molar-refractivity contribution < 1.29 is 9.84 Å². The normalized spacial score (nSPS) is 12.0. The average Bonchev–Trinajstić information content (AvgIpc) is 1.61. The Morgan fingerprint density at radius 1 is 1.86 bits per heavy atom. The molecule has 2 heteroatoms. The Morgan fingerprint density at radius 2 is 2.43 bits per heavy atom. The maximum Gasteiger partial charge on any atom is 0.0637 e. The Balaban J connectivity index is 3.08. The Labute approximate surface area is 43.4 Å². The van der Waals surface area contributed by atoms with Gasteiger partial charge in [-0.15, -0.1) is 5.76 Å². The van der Waals surface area contributed by atoms with E-state index in [0.717, 1.165) is 0 Å². The van der Waals surface area contributed by atoms with Gasteiger partial charge in [0.05, 0.1) is 6.61 Å². The second-order valence-corrected chi connectivity index (χ2v) is 1.27. The van der Waals surface area contributed by atoms with Crippen LogP contribution < -0.4 is 5.11 Å². The van der Waals surface area contributed by atoms with Gasteiger partial charge in [0, 0.05) is 7.11 Å². The Kier molecular flexibility index (Phi) is 3.42. The van der Waals surface area contributed by atoms with E-state index in [1.54, 1.807) is 7.11 Å². The molecule has 0 aliphatic heterocycles. The van der Waals surface area contributed by atoms with E-state index < -0.39 is 0 Å². The number of methoxy groups -OCH3 is 1. The first kappa shape index (κ1) is 6.50. The number of hydrogen-bond acceptors (Lipinski definition) is 2. The Hall–Kier alpha value is -0.500. The minimum Gasteiger partial charge on any atom is -0.876 e. The highest BCUT2D eigenvalue weighted by atomic mass is 16.5. The molecule has 7 heavy (non-hydrogen) atoms. The summed E-state index contributed by atoms with van der Waals surface area (Å²) < 4.78 is 4.58. The summed E-state index contributed by atoms with van der Waals surface area (Å²) in [6.07, 6.45) is 1.49. The van der Waals surface area contributed by atoms with Gasteiger partial charge >= 0.3 is 0 Å². The van der Waals surface area contributed by atoms with E-state index in [4.69, 9.17) is 0 Å². The van der Waals surface area contributed by atoms with E-state index >= 15 is 0 Å². The van der Waals surface area contributed by atoms with E-state index in [1.165, 1.54) is 13.0 Å². The van der Waals surface area contributed by atoms with Crippen molar-refractivity contribution in [2.75, 3.05) is 13.7 Å². The minimum absolute atomic E-state index is 0.0573. The van der Waals surface area contributed by atoms with Crippen molar-refractivity contribution in [3.8, 4) is 0 Å². The molecule has 0 bridgehead atoms. The molecule has 0 N–H and O–H groups in total. The van der Waals surface area contributed by atoms with Crippen molar-refractivity contribution in [2.45, 2.75) is 6.92 Å². The van der Waals surface area contributed by atoms with Gasteiger partial charge in [-0.25, -0.2) is 0 Å². The van der Waals surface area contributed by atoms with Crippen molar-refractivity contribution in [1.29, 1.82) is 0 Å². The first-order chi connectivity index (χ1) is 3.27. The first-order valence-corrected chi connectivity index (χ1v) is 2.10. The lowest BCUT2D eigenvalue weighted by atomic mass is 10.5. The van der Waals surface area contributed by atoms with E-state index in [0.29, 0.717) is 6.61 Å². The van der Waals surface area contributed by atoms with Crippen molar-refractivity contribution in [3.63, 3.8) is 0 Å². The average molecular weight is 101 g/mol. The molecule has 0 rings (SSSR count). The lowest BCUT2D eigenvalue weighted by Crippen LogP contribution is -1.99. The summed E-state index contributed by atoms with van der Waals surface area (Å²) in [5.74, 6) is 0.0573. The van der Waals surface area contributed by atoms with Gasteiger partial charge in [0.25, 0.3) is 0 Å². The molecular weight excluding hydrogens is 92.1 g/mol. The molecule has 0 aromatic rings. The van der Waals surface area contributed by atoms with Gasteiger partial charge in [0.2, 0.25) is 0 Å². The van der Waals surface area contributed by atoms with Crippen molar-refractivity contribution in [2.24, 2.45) is 0 Å². The molecule has 0 aromatic carbocycles. The molecule has 0 aliphatic carbocycles. The predicted octanol–water partition coefficient (Wildman–Crippen LogP) is -0.103. The standard InChI is InChI=1S/C5H10O2/c1-5(6)3-4-7-2/h3,6H,4H2,1-2H3/p-1/b5-3+. The summed E-state index contributed by atoms with van der Waals surface area (Å²) in [6, 6.07) is 0. The van der Waals surface area contributed by atoms with Gasteiger partial charge < -0.3 is 9.84 Å². The van der Waals surface area contributed by atoms with Crippen LogP contribution in [0.2, 0.25) is 0 Å². The quantitative estimate of drug-likeness (QED) is 0.455. The maximum absolute atomic E-state index is 10.1. The van der Waals surface area contributed by atoms with Crippen LogP contribution in [-0.4, -0.2) is 13.7 Å². The SMILES string of the molecule is COC/C=C(\C)[O-]. The van der Waals surface area contributed by atoms with Crippen molar-refractivity contribution >= 4 is 0 Å². The third-order valence-electron chi connectivity index (χ3n) is 0.537. The van der Waals surface area contributed by atoms with Crippen molar-refractivity contribution in [1.82, 2.24) is 0 Å². The van der Waals surface area contributed by atoms with Crippen LogP contribution in [0, 0.1) is 0 Å². The van der Waals surface area contributed by atoms with Gasteiger partial charge in [-0.3, -0.25) is 0 Å². The lowest BCUT2D eigenvalue weighted by Gasteiger charge is -2.00. The van der Waals surface area contributed by atoms with Gasteiger partial charge in [-0.2, -0.15) is 0 Å². The monoisotopic (exact) mass is 101 g/mol. The molecule has 0 saturated carbocycles. The van der Waals surface area contributed by atoms with Crippen LogP contribution in [0.4, 0.5) is 0 Å². The zero-order valence-electron chi connectivity index (χ0n) is 4.60. The third kappa shape index (κ3) is 5.50. The van der Waals surface area contributed by atoms with E-state index in [2.05, 4.69) is 4.74 Å². The Morgan fingerprint density at radius 3 is 2.57 bits per heavy atom. The number of ether oxygens (including phenoxy) is 1. The molecule has 0 heterocycles. The van der Waals surface area contributed by atoms with Crippen LogP contribution >= 0.6 is 0 Å². The number of hydrogen-bond donors (Lipinski definition) is 0. The second kappa shape index (κ2) is 3.68. The highest BCUT2D eigenvalue weighted by molar-refractivity contribution is 4.83. The van der Waals surface area contributed by atoms with Crippen LogP contribution in [0.5, 0.6) is 0 Å². The molecule has 0 fully saturated rings. The van der Waals surface area contributed by atoms with E-state index in [9.17, 15) is 5.11 Å². The third-order valence-corrected chi connectivity index (χ3v) is 0.537. The topological polar surface area (TPSA) is 32.3 Å². The van der Waals surface area contributed by atoms with Crippen LogP contribution in [0.3, 0.4) is 0 Å². The summed E-state index contributed by atoms with van der Waals surface area (Å²) in [5, 5.41) is 10.1. The first-order valence-electron chi connectivity index (χ1n) is 2.10. The zero-order valence-corrected chi connectivity index (χ0v) is 4.60. The molecule has 0 aliphatic rings. The smallest absolute Gasteiger partial charge is 0.0637 e. The van der Waals surface area contributed by atoms with Gasteiger partial charge in [0.15, 0.2) is 0 Å². The molecule has 0 unspecified atom stereocenters. The zero-order chi connectivity index (χ0) is 5.70. The molecular formula is C5H9O2-. The minimum atomic E-state index is 0.0573. The molecule has 42 valence electrons. The van der Waals surface area contributed by atoms with Gasteiger partial charge in [-0.1, -0.05) is 13.0 Å². The van der Waals surface area contributed by atoms with Crippen molar-refractivity contribution in [3.05, 3.63) is 11.8 Å². The highest BCUT2D eigenvalue weighted by Crippen LogP contribution is 1.76. The highest BCUT2D eigenvalue weighted by Gasteiger charge is 1.66. The summed E-state index contributed by atoms with van der Waals surface area (Å²) in [7, 11) is 1.56. The molecule has 0 aromatic heterocycles. The van der Waals surface area contributed by atoms with Gasteiger partial charge in [0.1, 0.15) is 0 Å². The molecule has 2 nitrogen and oxygen atoms in total. The molecule has 0 radical (unpaired) electrons. The fourth-order valence-electron chi connectivity index (χ4n) is 0.201. The molecule has 0 saturated heterocycles. The molecule has 0 spiro atoms. The predicted molar refractivity (Wildman–Crippen MR) is 25.6 cm³/mol.